The summed E-state index contributed by atoms with van der Waals surface area (Å²) in [5.41, 5.74) is 2.30. The molecule has 1 N–H and O–H groups in total. The van der Waals surface area contributed by atoms with Crippen LogP contribution in [0.25, 0.3) is 10.9 Å². The van der Waals surface area contributed by atoms with Crippen LogP contribution in [-0.4, -0.2) is 29.7 Å². The quantitative estimate of drug-likeness (QED) is 0.524. The average Bonchev–Trinajstić information content (AvgIpc) is 2.63. The lowest BCUT2D eigenvalue weighted by molar-refractivity contribution is -0.384. The van der Waals surface area contributed by atoms with Crippen molar-refractivity contribution < 1.29 is 9.66 Å². The lowest BCUT2D eigenvalue weighted by Gasteiger charge is -2.20. The molecule has 128 valence electrons. The van der Waals surface area contributed by atoms with Gasteiger partial charge in [0.05, 0.1) is 23.1 Å². The van der Waals surface area contributed by atoms with Crippen molar-refractivity contribution in [2.75, 3.05) is 19.0 Å². The predicted molar refractivity (Wildman–Crippen MR) is 97.8 cm³/mol. The van der Waals surface area contributed by atoms with Crippen molar-refractivity contribution in [3.63, 3.8) is 0 Å². The number of para-hydroxylation sites is 1. The van der Waals surface area contributed by atoms with Crippen LogP contribution in [0, 0.1) is 10.1 Å². The summed E-state index contributed by atoms with van der Waals surface area (Å²) in [5, 5.41) is 15.5. The van der Waals surface area contributed by atoms with Crippen LogP contribution in [0.4, 0.5) is 11.4 Å². The smallest absolute Gasteiger partial charge is 0.311 e. The topological polar surface area (TPSA) is 77.3 Å². The Morgan fingerprint density at radius 3 is 2.60 bits per heavy atom. The molecule has 6 heteroatoms. The lowest BCUT2D eigenvalue weighted by atomic mass is 10.1. The van der Waals surface area contributed by atoms with Crippen molar-refractivity contribution in [2.45, 2.75) is 12.5 Å². The summed E-state index contributed by atoms with van der Waals surface area (Å²) in [5.74, 6) is 0. The number of anilines is 1. The molecule has 0 fully saturated rings. The van der Waals surface area contributed by atoms with Gasteiger partial charge in [0.25, 0.3) is 0 Å². The van der Waals surface area contributed by atoms with Gasteiger partial charge in [0.1, 0.15) is 11.9 Å². The highest BCUT2D eigenvalue weighted by molar-refractivity contribution is 5.95. The zero-order chi connectivity index (χ0) is 17.6. The van der Waals surface area contributed by atoms with Gasteiger partial charge in [-0.2, -0.15) is 0 Å². The van der Waals surface area contributed by atoms with Gasteiger partial charge in [-0.25, -0.2) is 4.98 Å². The van der Waals surface area contributed by atoms with E-state index in [0.29, 0.717) is 24.2 Å². The minimum Gasteiger partial charge on any atom is -0.383 e. The molecule has 1 atom stereocenters. The number of methoxy groups -OCH3 is 1. The molecule has 1 aromatic heterocycles. The molecule has 0 aliphatic heterocycles. The van der Waals surface area contributed by atoms with E-state index in [9.17, 15) is 10.1 Å². The normalized spacial score (nSPS) is 12.0. The van der Waals surface area contributed by atoms with Gasteiger partial charge in [-0.1, -0.05) is 48.5 Å². The van der Waals surface area contributed by atoms with Gasteiger partial charge in [-0.15, -0.1) is 0 Å². The van der Waals surface area contributed by atoms with Crippen molar-refractivity contribution >= 4 is 22.3 Å². The fourth-order valence-corrected chi connectivity index (χ4v) is 2.88. The average molecular weight is 337 g/mol. The van der Waals surface area contributed by atoms with Gasteiger partial charge < -0.3 is 10.1 Å². The van der Waals surface area contributed by atoms with E-state index in [0.717, 1.165) is 10.9 Å². The molecule has 1 heterocycles. The monoisotopic (exact) mass is 337 g/mol. The van der Waals surface area contributed by atoms with Crippen LogP contribution in [0.1, 0.15) is 5.56 Å². The summed E-state index contributed by atoms with van der Waals surface area (Å²) in [6.07, 6.45) is 2.00. The SMILES string of the molecule is COC[C@H](Cc1ccccc1)Nc1c([N+](=O)[O-])cnc2ccccc12. The van der Waals surface area contributed by atoms with Crippen molar-refractivity contribution in [1.82, 2.24) is 4.98 Å². The highest BCUT2D eigenvalue weighted by Crippen LogP contribution is 2.32. The molecular formula is C19H19N3O3. The maximum absolute atomic E-state index is 11.5. The predicted octanol–water partition coefficient (Wildman–Crippen LogP) is 3.81. The summed E-state index contributed by atoms with van der Waals surface area (Å²) in [6, 6.07) is 17.3. The van der Waals surface area contributed by atoms with Crippen molar-refractivity contribution in [3.05, 3.63) is 76.5 Å². The maximum Gasteiger partial charge on any atom is 0.311 e. The summed E-state index contributed by atoms with van der Waals surface area (Å²) >= 11 is 0. The molecule has 3 aromatic rings. The van der Waals surface area contributed by atoms with Crippen LogP contribution < -0.4 is 5.32 Å². The van der Waals surface area contributed by atoms with Gasteiger partial charge in [-0.05, 0) is 18.1 Å². The number of nitro groups is 1. The Morgan fingerprint density at radius 1 is 1.16 bits per heavy atom. The molecule has 6 nitrogen and oxygen atoms in total. The van der Waals surface area contributed by atoms with E-state index in [2.05, 4.69) is 10.3 Å². The Bertz CT molecular complexity index is 868. The number of hydrogen-bond acceptors (Lipinski definition) is 5. The van der Waals surface area contributed by atoms with E-state index in [1.807, 2.05) is 54.6 Å². The van der Waals surface area contributed by atoms with Crippen LogP contribution in [0.5, 0.6) is 0 Å². The van der Waals surface area contributed by atoms with Gasteiger partial charge in [0.15, 0.2) is 0 Å². The second-order valence-electron chi connectivity index (χ2n) is 5.78. The number of aromatic nitrogens is 1. The fourth-order valence-electron chi connectivity index (χ4n) is 2.88. The molecule has 0 unspecified atom stereocenters. The summed E-state index contributed by atoms with van der Waals surface area (Å²) < 4.78 is 5.31. The maximum atomic E-state index is 11.5. The molecule has 3 rings (SSSR count). The third-order valence-corrected chi connectivity index (χ3v) is 3.99. The van der Waals surface area contributed by atoms with Crippen LogP contribution in [0.3, 0.4) is 0 Å². The number of hydrogen-bond donors (Lipinski definition) is 1. The first kappa shape index (κ1) is 16.9. The first-order valence-corrected chi connectivity index (χ1v) is 8.00. The van der Waals surface area contributed by atoms with Crippen molar-refractivity contribution in [3.8, 4) is 0 Å². The minimum atomic E-state index is -0.409. The van der Waals surface area contributed by atoms with E-state index >= 15 is 0 Å². The molecule has 0 bridgehead atoms. The summed E-state index contributed by atoms with van der Waals surface area (Å²) in [7, 11) is 1.62. The Balaban J connectivity index is 1.98. The van der Waals surface area contributed by atoms with Crippen molar-refractivity contribution in [2.24, 2.45) is 0 Å². The number of nitrogens with zero attached hydrogens (tertiary/aromatic N) is 2. The number of benzene rings is 2. The largest absolute Gasteiger partial charge is 0.383 e. The van der Waals surface area contributed by atoms with E-state index in [-0.39, 0.29) is 11.7 Å². The third kappa shape index (κ3) is 3.92. The van der Waals surface area contributed by atoms with E-state index in [4.69, 9.17) is 4.74 Å². The third-order valence-electron chi connectivity index (χ3n) is 3.99. The number of nitrogens with one attached hydrogen (secondary N) is 1. The second-order valence-corrected chi connectivity index (χ2v) is 5.78. The zero-order valence-corrected chi connectivity index (χ0v) is 13.9. The zero-order valence-electron chi connectivity index (χ0n) is 13.9. The number of pyridine rings is 1. The summed E-state index contributed by atoms with van der Waals surface area (Å²) in [4.78, 5) is 15.2. The van der Waals surface area contributed by atoms with Crippen LogP contribution in [0.2, 0.25) is 0 Å². The molecule has 0 aliphatic carbocycles. The first-order valence-electron chi connectivity index (χ1n) is 8.00. The van der Waals surface area contributed by atoms with Crippen LogP contribution in [-0.2, 0) is 11.2 Å². The number of fused-ring (bicyclic) bond motifs is 1. The van der Waals surface area contributed by atoms with Crippen LogP contribution >= 0.6 is 0 Å². The highest BCUT2D eigenvalue weighted by Gasteiger charge is 2.21. The molecule has 0 spiro atoms. The van der Waals surface area contributed by atoms with E-state index in [1.54, 1.807) is 7.11 Å². The van der Waals surface area contributed by atoms with Gasteiger partial charge in [0, 0.05) is 12.5 Å². The molecule has 0 aliphatic rings. The standard InChI is InChI=1S/C19H19N3O3/c1-25-13-15(11-14-7-3-2-4-8-14)21-19-16-9-5-6-10-17(16)20-12-18(19)22(23)24/h2-10,12,15H,11,13H2,1H3,(H,20,21)/t15-/m0/s1. The molecule has 2 aromatic carbocycles. The second kappa shape index (κ2) is 7.72. The molecule has 0 saturated heterocycles. The number of ether oxygens (including phenoxy) is 1. The van der Waals surface area contributed by atoms with E-state index < -0.39 is 4.92 Å². The molecule has 25 heavy (non-hydrogen) atoms. The Labute approximate surface area is 145 Å². The van der Waals surface area contributed by atoms with Gasteiger partial charge >= 0.3 is 5.69 Å². The highest BCUT2D eigenvalue weighted by atomic mass is 16.6. The summed E-state index contributed by atoms with van der Waals surface area (Å²) in [6.45, 7) is 0.433. The molecule has 0 saturated carbocycles. The minimum absolute atomic E-state index is 0.0344. The van der Waals surface area contributed by atoms with Gasteiger partial charge in [-0.3, -0.25) is 10.1 Å². The number of rotatable bonds is 7. The van der Waals surface area contributed by atoms with Crippen molar-refractivity contribution in [1.29, 1.82) is 0 Å². The Hall–Kier alpha value is -2.99. The molecule has 0 amide bonds. The Morgan fingerprint density at radius 2 is 1.88 bits per heavy atom. The molecule has 0 radical (unpaired) electrons. The van der Waals surface area contributed by atoms with Gasteiger partial charge in [0.2, 0.25) is 0 Å². The Kier molecular flexibility index (Phi) is 5.20. The van der Waals surface area contributed by atoms with E-state index in [1.165, 1.54) is 6.20 Å². The lowest BCUT2D eigenvalue weighted by Crippen LogP contribution is -2.28. The molecular weight excluding hydrogens is 318 g/mol. The first-order chi connectivity index (χ1) is 12.2. The van der Waals surface area contributed by atoms with Crippen LogP contribution in [0.15, 0.2) is 60.8 Å². The fraction of sp³-hybridized carbons (Fsp3) is 0.211.